The van der Waals surface area contributed by atoms with Gasteiger partial charge in [0, 0.05) is 16.8 Å². The lowest BCUT2D eigenvalue weighted by Crippen LogP contribution is -2.36. The summed E-state index contributed by atoms with van der Waals surface area (Å²) < 4.78 is 10.3. The van der Waals surface area contributed by atoms with Crippen LogP contribution in [0.2, 0.25) is 5.02 Å². The van der Waals surface area contributed by atoms with Crippen LogP contribution < -0.4 is 14.8 Å². The maximum absolute atomic E-state index is 12.5. The number of hydrogen-bond acceptors (Lipinski definition) is 6. The van der Waals surface area contributed by atoms with E-state index in [9.17, 15) is 14.4 Å². The summed E-state index contributed by atoms with van der Waals surface area (Å²) in [5.41, 5.74) is 1.19. The van der Waals surface area contributed by atoms with E-state index in [2.05, 4.69) is 5.32 Å². The number of nitrogens with zero attached hydrogens (tertiary/aromatic N) is 1. The van der Waals surface area contributed by atoms with Crippen LogP contribution in [0.1, 0.15) is 5.56 Å². The summed E-state index contributed by atoms with van der Waals surface area (Å²) in [5, 5.41) is 2.71. The molecule has 0 aliphatic carbocycles. The van der Waals surface area contributed by atoms with Crippen molar-refractivity contribution in [3.8, 4) is 11.5 Å². The first kappa shape index (κ1) is 20.8. The zero-order valence-corrected chi connectivity index (χ0v) is 17.2. The SMILES string of the molecule is COc1ccc(NC(=O)CN2C(=O)S/C(=C\c3ccc(Cl)cc3)C2=O)cc1OC. The number of imide groups is 1. The number of carbonyl (C=O) groups is 3. The van der Waals surface area contributed by atoms with E-state index in [-0.39, 0.29) is 4.91 Å². The molecule has 2 aromatic rings. The van der Waals surface area contributed by atoms with Gasteiger partial charge in [0.05, 0.1) is 19.1 Å². The molecule has 9 heteroatoms. The number of hydrogen-bond donors (Lipinski definition) is 1. The van der Waals surface area contributed by atoms with Crippen LogP contribution in [0.4, 0.5) is 10.5 Å². The van der Waals surface area contributed by atoms with Crippen molar-refractivity contribution in [3.05, 3.63) is 58.0 Å². The fourth-order valence-electron chi connectivity index (χ4n) is 2.60. The highest BCUT2D eigenvalue weighted by molar-refractivity contribution is 8.18. The van der Waals surface area contributed by atoms with Crippen LogP contribution >= 0.6 is 23.4 Å². The summed E-state index contributed by atoms with van der Waals surface area (Å²) in [6.45, 7) is -0.392. The summed E-state index contributed by atoms with van der Waals surface area (Å²) in [6, 6.07) is 11.7. The maximum Gasteiger partial charge on any atom is 0.294 e. The molecule has 1 aliphatic rings. The van der Waals surface area contributed by atoms with E-state index in [1.54, 1.807) is 48.5 Å². The van der Waals surface area contributed by atoms with Crippen molar-refractivity contribution >= 4 is 52.2 Å². The summed E-state index contributed by atoms with van der Waals surface area (Å²) in [4.78, 5) is 38.2. The third kappa shape index (κ3) is 4.90. The molecule has 0 saturated carbocycles. The smallest absolute Gasteiger partial charge is 0.294 e. The fraction of sp³-hybridized carbons (Fsp3) is 0.150. The van der Waals surface area contributed by atoms with Crippen molar-refractivity contribution in [1.29, 1.82) is 0 Å². The van der Waals surface area contributed by atoms with Crippen molar-refractivity contribution in [2.45, 2.75) is 0 Å². The normalized spacial score (nSPS) is 15.0. The standard InChI is InChI=1S/C20H17ClN2O5S/c1-27-15-8-7-14(10-16(15)28-2)22-18(24)11-23-19(25)17(29-20(23)26)9-12-3-5-13(21)6-4-12/h3-10H,11H2,1-2H3,(H,22,24)/b17-9-. The molecule has 1 heterocycles. The van der Waals surface area contributed by atoms with Crippen LogP contribution in [-0.2, 0) is 9.59 Å². The minimum Gasteiger partial charge on any atom is -0.493 e. The number of thioether (sulfide) groups is 1. The van der Waals surface area contributed by atoms with Gasteiger partial charge in [-0.25, -0.2) is 0 Å². The van der Waals surface area contributed by atoms with E-state index in [0.29, 0.717) is 22.2 Å². The first-order valence-corrected chi connectivity index (χ1v) is 9.63. The number of ether oxygens (including phenoxy) is 2. The summed E-state index contributed by atoms with van der Waals surface area (Å²) >= 11 is 6.64. The van der Waals surface area contributed by atoms with Crippen LogP contribution in [0.25, 0.3) is 6.08 Å². The summed E-state index contributed by atoms with van der Waals surface area (Å²) in [6.07, 6.45) is 1.59. The molecule has 0 unspecified atom stereocenters. The first-order chi connectivity index (χ1) is 13.9. The molecule has 1 aliphatic heterocycles. The number of carbonyl (C=O) groups excluding carboxylic acids is 3. The Labute approximate surface area is 176 Å². The number of amides is 3. The number of anilines is 1. The molecular formula is C20H17ClN2O5S. The lowest BCUT2D eigenvalue weighted by molar-refractivity contribution is -0.127. The second-order valence-electron chi connectivity index (χ2n) is 5.94. The first-order valence-electron chi connectivity index (χ1n) is 8.44. The van der Waals surface area contributed by atoms with Crippen molar-refractivity contribution in [2.24, 2.45) is 0 Å². The zero-order valence-electron chi connectivity index (χ0n) is 15.6. The monoisotopic (exact) mass is 432 g/mol. The molecule has 7 nitrogen and oxygen atoms in total. The van der Waals surface area contributed by atoms with E-state index in [4.69, 9.17) is 21.1 Å². The molecule has 1 fully saturated rings. The summed E-state index contributed by atoms with van der Waals surface area (Å²) in [7, 11) is 2.99. The minimum atomic E-state index is -0.516. The molecule has 0 aromatic heterocycles. The molecule has 150 valence electrons. The van der Waals surface area contributed by atoms with Gasteiger partial charge >= 0.3 is 0 Å². The van der Waals surface area contributed by atoms with Crippen LogP contribution in [0, 0.1) is 0 Å². The topological polar surface area (TPSA) is 84.9 Å². The number of nitrogens with one attached hydrogen (secondary N) is 1. The van der Waals surface area contributed by atoms with E-state index >= 15 is 0 Å². The van der Waals surface area contributed by atoms with Gasteiger partial charge in [-0.1, -0.05) is 23.7 Å². The zero-order chi connectivity index (χ0) is 21.0. The maximum atomic E-state index is 12.5. The molecule has 29 heavy (non-hydrogen) atoms. The average molecular weight is 433 g/mol. The second-order valence-corrected chi connectivity index (χ2v) is 7.37. The number of benzene rings is 2. The van der Waals surface area contributed by atoms with Gasteiger partial charge in [0.2, 0.25) is 5.91 Å². The molecule has 1 N–H and O–H groups in total. The molecule has 1 saturated heterocycles. The van der Waals surface area contributed by atoms with Crippen LogP contribution in [0.5, 0.6) is 11.5 Å². The molecular weight excluding hydrogens is 416 g/mol. The average Bonchev–Trinajstić information content (AvgIpc) is 2.97. The Morgan fingerprint density at radius 3 is 2.45 bits per heavy atom. The lowest BCUT2D eigenvalue weighted by Gasteiger charge is -2.14. The number of halogens is 1. The highest BCUT2D eigenvalue weighted by Gasteiger charge is 2.36. The molecule has 3 rings (SSSR count). The Morgan fingerprint density at radius 1 is 1.10 bits per heavy atom. The van der Waals surface area contributed by atoms with Gasteiger partial charge < -0.3 is 14.8 Å². The predicted octanol–water partition coefficient (Wildman–Crippen LogP) is 4.03. The highest BCUT2D eigenvalue weighted by atomic mass is 35.5. The van der Waals surface area contributed by atoms with Gasteiger partial charge in [0.1, 0.15) is 6.54 Å². The van der Waals surface area contributed by atoms with Gasteiger partial charge in [-0.15, -0.1) is 0 Å². The van der Waals surface area contributed by atoms with E-state index in [1.165, 1.54) is 14.2 Å². The van der Waals surface area contributed by atoms with Crippen molar-refractivity contribution in [3.63, 3.8) is 0 Å². The van der Waals surface area contributed by atoms with Crippen molar-refractivity contribution in [2.75, 3.05) is 26.1 Å². The third-order valence-electron chi connectivity index (χ3n) is 4.01. The Morgan fingerprint density at radius 2 is 1.79 bits per heavy atom. The van der Waals surface area contributed by atoms with Gasteiger partial charge in [-0.05, 0) is 47.7 Å². The van der Waals surface area contributed by atoms with Gasteiger partial charge in [0.15, 0.2) is 11.5 Å². The quantitative estimate of drug-likeness (QED) is 0.693. The van der Waals surface area contributed by atoms with Gasteiger partial charge in [0.25, 0.3) is 11.1 Å². The highest BCUT2D eigenvalue weighted by Crippen LogP contribution is 2.33. The third-order valence-corrected chi connectivity index (χ3v) is 5.17. The largest absolute Gasteiger partial charge is 0.493 e. The van der Waals surface area contributed by atoms with Gasteiger partial charge in [-0.3, -0.25) is 19.3 Å². The number of methoxy groups -OCH3 is 2. The fourth-order valence-corrected chi connectivity index (χ4v) is 3.57. The van der Waals surface area contributed by atoms with E-state index < -0.39 is 23.6 Å². The van der Waals surface area contributed by atoms with Crippen molar-refractivity contribution < 1.29 is 23.9 Å². The summed E-state index contributed by atoms with van der Waals surface area (Å²) in [5.74, 6) is -0.0594. The van der Waals surface area contributed by atoms with Crippen LogP contribution in [0.3, 0.4) is 0 Å². The molecule has 2 aromatic carbocycles. The lowest BCUT2D eigenvalue weighted by atomic mass is 10.2. The molecule has 0 atom stereocenters. The Hall–Kier alpha value is -2.97. The van der Waals surface area contributed by atoms with E-state index in [1.807, 2.05) is 0 Å². The molecule has 0 radical (unpaired) electrons. The Bertz CT molecular complexity index is 991. The number of rotatable bonds is 6. The van der Waals surface area contributed by atoms with E-state index in [0.717, 1.165) is 22.2 Å². The molecule has 3 amide bonds. The van der Waals surface area contributed by atoms with Crippen molar-refractivity contribution in [1.82, 2.24) is 4.90 Å². The predicted molar refractivity (Wildman–Crippen MR) is 112 cm³/mol. The molecule has 0 spiro atoms. The Kier molecular flexibility index (Phi) is 6.46. The Balaban J connectivity index is 1.68. The van der Waals surface area contributed by atoms with Crippen LogP contribution in [-0.4, -0.2) is 42.7 Å². The minimum absolute atomic E-state index is 0.247. The van der Waals surface area contributed by atoms with Gasteiger partial charge in [-0.2, -0.15) is 0 Å². The molecule has 0 bridgehead atoms. The van der Waals surface area contributed by atoms with Crippen LogP contribution in [0.15, 0.2) is 47.4 Å². The second kappa shape index (κ2) is 9.02.